The predicted octanol–water partition coefficient (Wildman–Crippen LogP) is 13.7. The minimum absolute atomic E-state index is 0.0289. The number of hydrogen-bond donors (Lipinski definition) is 0. The Bertz CT molecular complexity index is 3720. The summed E-state index contributed by atoms with van der Waals surface area (Å²) in [4.78, 5) is 16.4. The lowest BCUT2D eigenvalue weighted by Gasteiger charge is -2.39. The van der Waals surface area contributed by atoms with Gasteiger partial charge < -0.3 is 9.47 Å². The summed E-state index contributed by atoms with van der Waals surface area (Å²) in [7, 11) is 0. The molecule has 4 heteroatoms. The Morgan fingerprint density at radius 3 is 1.90 bits per heavy atom. The molecule has 3 aromatic heterocycles. The summed E-state index contributed by atoms with van der Waals surface area (Å²) in [6.45, 7) is 2.36. The van der Waals surface area contributed by atoms with E-state index in [0.29, 0.717) is 0 Å². The number of anilines is 2. The van der Waals surface area contributed by atoms with E-state index < -0.39 is 0 Å². The fraction of sp³-hybridized carbons (Fsp3) is 0.0536. The van der Waals surface area contributed by atoms with Gasteiger partial charge in [0.1, 0.15) is 0 Å². The molecule has 4 heterocycles. The Morgan fingerprint density at radius 2 is 1.07 bits per heavy atom. The Morgan fingerprint density at radius 1 is 0.467 bits per heavy atom. The van der Waals surface area contributed by atoms with Crippen LogP contribution in [-0.2, 0) is 0 Å². The van der Waals surface area contributed by atoms with Crippen molar-refractivity contribution in [1.82, 2.24) is 8.97 Å². The molecular weight excluding hydrogens is 731 g/mol. The third-order valence-electron chi connectivity index (χ3n) is 13.5. The summed E-state index contributed by atoms with van der Waals surface area (Å²) in [5, 5.41) is 7.48. The Labute approximate surface area is 346 Å². The average Bonchev–Trinajstić information content (AvgIpc) is 3.91. The third kappa shape index (κ3) is 4.48. The molecule has 0 N–H and O–H groups in total. The fourth-order valence-corrected chi connectivity index (χ4v) is 10.8. The monoisotopic (exact) mass is 767 g/mol. The SMILES string of the molecule is CC12C=CC=CC1c1cc(-c3ccc4c(c3)c3ccccc3n4-c3cccc(-c4ccc5c(c4)c4cccc6c7ccccc7c(=O)n5c64)c3)ccc1N2c1ccccc1. The van der Waals surface area contributed by atoms with Crippen molar-refractivity contribution in [3.63, 3.8) is 0 Å². The van der Waals surface area contributed by atoms with Gasteiger partial charge >= 0.3 is 0 Å². The van der Waals surface area contributed by atoms with Crippen LogP contribution in [0.2, 0.25) is 0 Å². The Kier molecular flexibility index (Phi) is 6.75. The number of allylic oxidation sites excluding steroid dienone is 2. The van der Waals surface area contributed by atoms with Gasteiger partial charge in [0, 0.05) is 55.3 Å². The molecule has 0 spiro atoms. The van der Waals surface area contributed by atoms with Crippen molar-refractivity contribution in [2.45, 2.75) is 18.4 Å². The first-order valence-corrected chi connectivity index (χ1v) is 20.8. The first kappa shape index (κ1) is 33.3. The number of pyridine rings is 1. The van der Waals surface area contributed by atoms with Crippen LogP contribution in [0.15, 0.2) is 205 Å². The predicted molar refractivity (Wildman–Crippen MR) is 251 cm³/mol. The minimum atomic E-state index is -0.184. The molecule has 1 aliphatic carbocycles. The molecular formula is C56H37N3O. The van der Waals surface area contributed by atoms with Crippen LogP contribution in [0.25, 0.3) is 87.7 Å². The molecule has 282 valence electrons. The molecule has 8 aromatic carbocycles. The summed E-state index contributed by atoms with van der Waals surface area (Å²) < 4.78 is 4.32. The Hall–Kier alpha value is -7.69. The second kappa shape index (κ2) is 12.2. The zero-order valence-electron chi connectivity index (χ0n) is 32.9. The molecule has 4 nitrogen and oxygen atoms in total. The number of aromatic nitrogens is 2. The van der Waals surface area contributed by atoms with Crippen molar-refractivity contribution >= 4 is 71.1 Å². The summed E-state index contributed by atoms with van der Waals surface area (Å²) in [6, 6.07) is 63.3. The number of rotatable bonds is 4. The van der Waals surface area contributed by atoms with Crippen molar-refractivity contribution in [3.05, 3.63) is 216 Å². The van der Waals surface area contributed by atoms with Gasteiger partial charge in [-0.15, -0.1) is 0 Å². The van der Waals surface area contributed by atoms with Gasteiger partial charge in [-0.25, -0.2) is 0 Å². The van der Waals surface area contributed by atoms with Gasteiger partial charge in [-0.05, 0) is 113 Å². The zero-order valence-corrected chi connectivity index (χ0v) is 32.9. The molecule has 2 aliphatic rings. The largest absolute Gasteiger partial charge is 0.331 e. The number of para-hydroxylation sites is 3. The van der Waals surface area contributed by atoms with Crippen molar-refractivity contribution in [2.75, 3.05) is 4.90 Å². The van der Waals surface area contributed by atoms with E-state index in [1.807, 2.05) is 22.6 Å². The van der Waals surface area contributed by atoms with Crippen molar-refractivity contribution < 1.29 is 0 Å². The standard InChI is InChI=1S/C56H37N3O/c1-56-30-10-9-22-49(56)48-34-38(26-29-53(48)59(56)39-14-3-2-4-15-39)37-24-27-51-46(32-37)42-18-7-8-23-50(42)57(51)40-16-11-13-35(31-40)36-25-28-52-47(33-36)44-21-12-20-43-41-17-5-6-19-45(41)55(60)58(52)54(43)44/h2-34,49H,1H3. The molecule has 0 saturated heterocycles. The second-order valence-corrected chi connectivity index (χ2v) is 16.6. The minimum Gasteiger partial charge on any atom is -0.331 e. The molecule has 1 aliphatic heterocycles. The maximum Gasteiger partial charge on any atom is 0.263 e. The highest BCUT2D eigenvalue weighted by Gasteiger charge is 2.47. The molecule has 13 rings (SSSR count). The van der Waals surface area contributed by atoms with Crippen LogP contribution >= 0.6 is 0 Å². The van der Waals surface area contributed by atoms with Crippen LogP contribution in [0.4, 0.5) is 11.4 Å². The normalized spacial score (nSPS) is 17.2. The number of hydrogen-bond acceptors (Lipinski definition) is 2. The smallest absolute Gasteiger partial charge is 0.263 e. The summed E-state index contributed by atoms with van der Waals surface area (Å²) in [5.74, 6) is 0.244. The first-order valence-electron chi connectivity index (χ1n) is 20.8. The number of fused-ring (bicyclic) bond motifs is 11. The van der Waals surface area contributed by atoms with Crippen LogP contribution < -0.4 is 10.5 Å². The molecule has 2 unspecified atom stereocenters. The van der Waals surface area contributed by atoms with E-state index >= 15 is 0 Å². The molecule has 0 fully saturated rings. The fourth-order valence-electron chi connectivity index (χ4n) is 10.8. The van der Waals surface area contributed by atoms with Gasteiger partial charge in [0.15, 0.2) is 0 Å². The van der Waals surface area contributed by atoms with Crippen molar-refractivity contribution in [1.29, 1.82) is 0 Å². The third-order valence-corrected chi connectivity index (χ3v) is 13.5. The number of benzene rings is 8. The molecule has 0 saturated carbocycles. The van der Waals surface area contributed by atoms with Gasteiger partial charge in [-0.2, -0.15) is 0 Å². The van der Waals surface area contributed by atoms with E-state index in [9.17, 15) is 4.79 Å². The van der Waals surface area contributed by atoms with Crippen LogP contribution in [0.3, 0.4) is 0 Å². The quantitative estimate of drug-likeness (QED) is 0.167. The number of nitrogens with zero attached hydrogens (tertiary/aromatic N) is 3. The topological polar surface area (TPSA) is 29.6 Å². The van der Waals surface area contributed by atoms with Crippen LogP contribution in [-0.4, -0.2) is 14.5 Å². The summed E-state index contributed by atoms with van der Waals surface area (Å²) in [5.41, 5.74) is 13.7. The Balaban J connectivity index is 0.932. The van der Waals surface area contributed by atoms with Crippen LogP contribution in [0.5, 0.6) is 0 Å². The van der Waals surface area contributed by atoms with Gasteiger partial charge in [0.05, 0.1) is 27.6 Å². The zero-order chi connectivity index (χ0) is 39.7. The van der Waals surface area contributed by atoms with E-state index in [1.165, 1.54) is 49.9 Å². The van der Waals surface area contributed by atoms with E-state index in [4.69, 9.17) is 0 Å². The van der Waals surface area contributed by atoms with Crippen LogP contribution in [0.1, 0.15) is 18.4 Å². The van der Waals surface area contributed by atoms with E-state index in [-0.39, 0.29) is 17.0 Å². The lowest BCUT2D eigenvalue weighted by atomic mass is 9.80. The molecule has 11 aromatic rings. The molecule has 2 atom stereocenters. The van der Waals surface area contributed by atoms with Crippen molar-refractivity contribution in [3.8, 4) is 27.9 Å². The molecule has 60 heavy (non-hydrogen) atoms. The second-order valence-electron chi connectivity index (χ2n) is 16.6. The molecule has 0 radical (unpaired) electrons. The van der Waals surface area contributed by atoms with Crippen molar-refractivity contribution in [2.24, 2.45) is 0 Å². The van der Waals surface area contributed by atoms with Gasteiger partial charge in [0.2, 0.25) is 0 Å². The maximum absolute atomic E-state index is 13.9. The summed E-state index contributed by atoms with van der Waals surface area (Å²) >= 11 is 0. The molecule has 0 amide bonds. The maximum atomic E-state index is 13.9. The van der Waals surface area contributed by atoms with E-state index in [2.05, 4.69) is 198 Å². The lowest BCUT2D eigenvalue weighted by Crippen LogP contribution is -2.41. The van der Waals surface area contributed by atoms with Gasteiger partial charge in [0.25, 0.3) is 5.56 Å². The highest BCUT2D eigenvalue weighted by molar-refractivity contribution is 6.20. The van der Waals surface area contributed by atoms with E-state index in [1.54, 1.807) is 0 Å². The average molecular weight is 768 g/mol. The lowest BCUT2D eigenvalue weighted by molar-refractivity contribution is 0.542. The van der Waals surface area contributed by atoms with Crippen LogP contribution in [0, 0.1) is 0 Å². The van der Waals surface area contributed by atoms with E-state index in [0.717, 1.165) is 54.8 Å². The van der Waals surface area contributed by atoms with Gasteiger partial charge in [-0.1, -0.05) is 127 Å². The summed E-state index contributed by atoms with van der Waals surface area (Å²) in [6.07, 6.45) is 9.10. The highest BCUT2D eigenvalue weighted by atomic mass is 16.1. The van der Waals surface area contributed by atoms with Gasteiger partial charge in [-0.3, -0.25) is 9.20 Å². The first-order chi connectivity index (χ1) is 29.5. The highest BCUT2D eigenvalue weighted by Crippen LogP contribution is 2.54. The molecule has 0 bridgehead atoms.